The van der Waals surface area contributed by atoms with E-state index in [9.17, 15) is 43.3 Å². The molecule has 1 amide bonds. The van der Waals surface area contributed by atoms with E-state index in [0.717, 1.165) is 44.9 Å². The van der Waals surface area contributed by atoms with Crippen molar-refractivity contribution >= 4 is 16.3 Å². The third-order valence-corrected chi connectivity index (χ3v) is 13.0. The van der Waals surface area contributed by atoms with Crippen LogP contribution in [-0.2, 0) is 28.9 Å². The molecule has 1 heterocycles. The Bertz CT molecular complexity index is 1330. The Labute approximate surface area is 401 Å². The van der Waals surface area contributed by atoms with Gasteiger partial charge in [-0.25, -0.2) is 4.18 Å². The second-order valence-electron chi connectivity index (χ2n) is 18.6. The highest BCUT2D eigenvalue weighted by atomic mass is 32.3. The minimum absolute atomic E-state index is 0.237. The van der Waals surface area contributed by atoms with E-state index >= 15 is 0 Å². The fourth-order valence-corrected chi connectivity index (χ4v) is 8.83. The summed E-state index contributed by atoms with van der Waals surface area (Å²) in [5.74, 6) is -0.714. The van der Waals surface area contributed by atoms with Crippen LogP contribution in [0.4, 0.5) is 0 Å². The molecule has 1 rings (SSSR count). The molecule has 1 saturated heterocycles. The number of allylic oxidation sites excluding steroid dienone is 5. The van der Waals surface area contributed by atoms with E-state index in [1.807, 2.05) is 0 Å². The highest BCUT2D eigenvalue weighted by Gasteiger charge is 2.48. The molecule has 14 heteroatoms. The minimum atomic E-state index is -5.13. The van der Waals surface area contributed by atoms with Crippen LogP contribution in [0.2, 0.25) is 0 Å². The zero-order valence-corrected chi connectivity index (χ0v) is 42.2. The van der Waals surface area contributed by atoms with Gasteiger partial charge in [-0.3, -0.25) is 9.35 Å². The van der Waals surface area contributed by atoms with Gasteiger partial charge in [-0.1, -0.05) is 217 Å². The number of hydrogen-bond donors (Lipinski definition) is 7. The second-order valence-corrected chi connectivity index (χ2v) is 19.6. The molecule has 13 nitrogen and oxygen atoms in total. The van der Waals surface area contributed by atoms with Gasteiger partial charge in [0, 0.05) is 0 Å². The molecule has 66 heavy (non-hydrogen) atoms. The summed E-state index contributed by atoms with van der Waals surface area (Å²) in [6.07, 6.45) is 39.4. The SMILES string of the molecule is CCCCCCCCCCCC/C=C/CC/C=C/CC/C=C/C(O)C(COC1OC(CO)C(O)C(OS(=O)(=O)O)C1O)NC(=O)C(O)CCCCCCCCCCCCCCCCCCC. The third kappa shape index (κ3) is 33.7. The van der Waals surface area contributed by atoms with Crippen molar-refractivity contribution in [1.82, 2.24) is 5.32 Å². The van der Waals surface area contributed by atoms with Crippen LogP contribution in [0.1, 0.15) is 226 Å². The number of ether oxygens (including phenoxy) is 2. The van der Waals surface area contributed by atoms with Gasteiger partial charge in [0.2, 0.25) is 5.91 Å². The Balaban J connectivity index is 2.54. The molecular weight excluding hydrogens is 863 g/mol. The van der Waals surface area contributed by atoms with Gasteiger partial charge in [-0.05, 0) is 44.9 Å². The van der Waals surface area contributed by atoms with Gasteiger partial charge < -0.3 is 40.3 Å². The predicted molar refractivity (Wildman–Crippen MR) is 265 cm³/mol. The predicted octanol–water partition coefficient (Wildman–Crippen LogP) is 10.4. The van der Waals surface area contributed by atoms with Gasteiger partial charge >= 0.3 is 10.4 Å². The first-order valence-electron chi connectivity index (χ1n) is 26.5. The summed E-state index contributed by atoms with van der Waals surface area (Å²) >= 11 is 0. The quantitative estimate of drug-likeness (QED) is 0.0173. The molecule has 8 unspecified atom stereocenters. The number of aliphatic hydroxyl groups is 5. The van der Waals surface area contributed by atoms with Crippen molar-refractivity contribution in [2.45, 2.75) is 275 Å². The van der Waals surface area contributed by atoms with Crippen LogP contribution in [-0.4, -0.2) is 107 Å². The molecule has 0 aromatic rings. The Morgan fingerprint density at radius 1 is 0.606 bits per heavy atom. The van der Waals surface area contributed by atoms with E-state index in [1.54, 1.807) is 6.08 Å². The smallest absolute Gasteiger partial charge is 0.394 e. The third-order valence-electron chi connectivity index (χ3n) is 12.5. The van der Waals surface area contributed by atoms with Crippen LogP contribution in [0.15, 0.2) is 36.5 Å². The maximum Gasteiger partial charge on any atom is 0.397 e. The van der Waals surface area contributed by atoms with Crippen LogP contribution in [0.25, 0.3) is 0 Å². The molecule has 1 fully saturated rings. The lowest BCUT2D eigenvalue weighted by atomic mass is 9.99. The number of carbonyl (C=O) groups excluding carboxylic acids is 1. The summed E-state index contributed by atoms with van der Waals surface area (Å²) in [4.78, 5) is 13.2. The molecule has 0 aromatic carbocycles. The molecule has 0 bridgehead atoms. The van der Waals surface area contributed by atoms with Crippen LogP contribution in [0.5, 0.6) is 0 Å². The van der Waals surface area contributed by atoms with Crippen LogP contribution < -0.4 is 5.32 Å². The van der Waals surface area contributed by atoms with Crippen LogP contribution in [0, 0.1) is 0 Å². The molecule has 0 radical (unpaired) electrons. The first-order valence-corrected chi connectivity index (χ1v) is 27.8. The number of carbonyl (C=O) groups is 1. The number of hydrogen-bond acceptors (Lipinski definition) is 11. The molecule has 0 saturated carbocycles. The van der Waals surface area contributed by atoms with E-state index in [-0.39, 0.29) is 6.42 Å². The van der Waals surface area contributed by atoms with Crippen LogP contribution in [0.3, 0.4) is 0 Å². The molecule has 7 N–H and O–H groups in total. The molecule has 0 aliphatic carbocycles. The Morgan fingerprint density at radius 3 is 1.45 bits per heavy atom. The van der Waals surface area contributed by atoms with Crippen molar-refractivity contribution in [1.29, 1.82) is 0 Å². The van der Waals surface area contributed by atoms with Gasteiger partial charge in [0.1, 0.15) is 30.5 Å². The first kappa shape index (κ1) is 62.3. The number of amides is 1. The second kappa shape index (κ2) is 42.2. The summed E-state index contributed by atoms with van der Waals surface area (Å²) in [6, 6.07) is -1.14. The summed E-state index contributed by atoms with van der Waals surface area (Å²) in [6.45, 7) is 3.22. The van der Waals surface area contributed by atoms with Crippen molar-refractivity contribution in [2.24, 2.45) is 0 Å². The monoisotopic (exact) mass is 960 g/mol. The van der Waals surface area contributed by atoms with Crippen molar-refractivity contribution < 1.29 is 57.0 Å². The van der Waals surface area contributed by atoms with Crippen molar-refractivity contribution in [3.8, 4) is 0 Å². The van der Waals surface area contributed by atoms with Gasteiger partial charge in [-0.2, -0.15) is 8.42 Å². The number of nitrogens with one attached hydrogen (secondary N) is 1. The zero-order valence-electron chi connectivity index (χ0n) is 41.4. The number of rotatable bonds is 45. The first-order chi connectivity index (χ1) is 31.9. The normalized spacial score (nSPS) is 20.8. The van der Waals surface area contributed by atoms with Crippen molar-refractivity contribution in [3.05, 3.63) is 36.5 Å². The molecule has 1 aliphatic heterocycles. The van der Waals surface area contributed by atoms with E-state index in [4.69, 9.17) is 9.47 Å². The van der Waals surface area contributed by atoms with Crippen molar-refractivity contribution in [3.63, 3.8) is 0 Å². The van der Waals surface area contributed by atoms with Gasteiger partial charge in [-0.15, -0.1) is 0 Å². The lowest BCUT2D eigenvalue weighted by Crippen LogP contribution is -2.61. The summed E-state index contributed by atoms with van der Waals surface area (Å²) in [5.41, 5.74) is 0. The Hall–Kier alpha value is -1.72. The number of aliphatic hydroxyl groups excluding tert-OH is 5. The molecule has 8 atom stereocenters. The summed E-state index contributed by atoms with van der Waals surface area (Å²) in [7, 11) is -5.13. The topological polar surface area (TPSA) is 212 Å². The lowest BCUT2D eigenvalue weighted by Gasteiger charge is -2.41. The lowest BCUT2D eigenvalue weighted by molar-refractivity contribution is -0.298. The average Bonchev–Trinajstić information content (AvgIpc) is 3.29. The molecule has 388 valence electrons. The summed E-state index contributed by atoms with van der Waals surface area (Å²) in [5, 5.41) is 55.4. The minimum Gasteiger partial charge on any atom is -0.394 e. The fraction of sp³-hybridized carbons (Fsp3) is 0.865. The van der Waals surface area contributed by atoms with Crippen LogP contribution >= 0.6 is 0 Å². The number of unbranched alkanes of at least 4 members (excludes halogenated alkanes) is 28. The Kier molecular flexibility index (Phi) is 39.8. The summed E-state index contributed by atoms with van der Waals surface area (Å²) < 4.78 is 47.6. The van der Waals surface area contributed by atoms with E-state index in [0.29, 0.717) is 12.8 Å². The van der Waals surface area contributed by atoms with E-state index < -0.39 is 78.5 Å². The zero-order chi connectivity index (χ0) is 48.5. The maximum atomic E-state index is 13.2. The molecular formula is C52H97NO12S. The Morgan fingerprint density at radius 2 is 1.02 bits per heavy atom. The van der Waals surface area contributed by atoms with Gasteiger partial charge in [0.05, 0.1) is 25.4 Å². The van der Waals surface area contributed by atoms with E-state index in [1.165, 1.54) is 154 Å². The highest BCUT2D eigenvalue weighted by Crippen LogP contribution is 2.26. The average molecular weight is 960 g/mol. The van der Waals surface area contributed by atoms with Gasteiger partial charge in [0.15, 0.2) is 6.29 Å². The van der Waals surface area contributed by atoms with Gasteiger partial charge in [0.25, 0.3) is 0 Å². The van der Waals surface area contributed by atoms with Crippen molar-refractivity contribution in [2.75, 3.05) is 13.2 Å². The maximum absolute atomic E-state index is 13.2. The fourth-order valence-electron chi connectivity index (χ4n) is 8.32. The molecule has 1 aliphatic rings. The molecule has 0 aromatic heterocycles. The highest BCUT2D eigenvalue weighted by molar-refractivity contribution is 7.80. The standard InChI is InChI=1S/C52H97NO12S/c1-3-5-7-9-11-13-15-17-19-21-22-23-25-26-28-30-32-34-36-38-40-45(55)44(43-63-52-49(58)50(65-66(60,61)62)48(57)47(42-54)64-52)53-51(59)46(56)41-39-37-35-33-31-29-27-24-20-18-16-14-12-10-8-6-4-2/h23,25,30,32,38,40,44-50,52,54-58H,3-22,24,26-29,31,33-37,39,41-43H2,1-2H3,(H,53,59)(H,60,61,62)/b25-23+,32-30+,40-38+. The van der Waals surface area contributed by atoms with E-state index in [2.05, 4.69) is 47.7 Å². The molecule has 0 spiro atoms. The largest absolute Gasteiger partial charge is 0.397 e.